The van der Waals surface area contributed by atoms with Crippen LogP contribution in [0.3, 0.4) is 0 Å². The molecule has 0 amide bonds. The third kappa shape index (κ3) is 3.35. The van der Waals surface area contributed by atoms with E-state index in [0.717, 1.165) is 0 Å². The molecular weight excluding hydrogens is 190 g/mol. The molecule has 0 aliphatic rings. The molecule has 0 bridgehead atoms. The van der Waals surface area contributed by atoms with Crippen molar-refractivity contribution in [3.8, 4) is 17.7 Å². The molecule has 0 atom stereocenters. The summed E-state index contributed by atoms with van der Waals surface area (Å²) in [5.74, 6) is 2.98. The number of carbonyl (C=O) groups excluding carboxylic acids is 1. The van der Waals surface area contributed by atoms with Crippen LogP contribution in [0.2, 0.25) is 0 Å². The third-order valence-electron chi connectivity index (χ3n) is 1.72. The molecule has 0 N–H and O–H groups in total. The van der Waals surface area contributed by atoms with Crippen LogP contribution < -0.4 is 4.74 Å². The molecule has 0 aromatic heterocycles. The Kier molecular flexibility index (Phi) is 3.75. The number of ether oxygens (including phenoxy) is 1. The number of carbonyl (C=O) groups is 1. The molecule has 0 fully saturated rings. The molecule has 0 saturated heterocycles. The molecular formula is C12H13NO2. The van der Waals surface area contributed by atoms with Crippen molar-refractivity contribution < 1.29 is 9.53 Å². The highest BCUT2D eigenvalue weighted by atomic mass is 16.5. The van der Waals surface area contributed by atoms with Crippen LogP contribution in [0.5, 0.6) is 5.75 Å². The second-order valence-corrected chi connectivity index (χ2v) is 3.19. The van der Waals surface area contributed by atoms with Crippen LogP contribution in [0.4, 0.5) is 0 Å². The zero-order valence-corrected chi connectivity index (χ0v) is 9.07. The number of benzene rings is 1. The normalized spacial score (nSPS) is 8.73. The van der Waals surface area contributed by atoms with Crippen molar-refractivity contribution >= 4 is 5.78 Å². The van der Waals surface area contributed by atoms with Crippen LogP contribution in [0.1, 0.15) is 10.4 Å². The largest absolute Gasteiger partial charge is 0.497 e. The van der Waals surface area contributed by atoms with E-state index in [4.69, 9.17) is 4.74 Å². The molecule has 1 aromatic rings. The molecule has 0 radical (unpaired) electrons. The number of methoxy groups -OCH3 is 1. The van der Waals surface area contributed by atoms with Crippen LogP contribution >= 0.6 is 0 Å². The van der Waals surface area contributed by atoms with Crippen LogP contribution in [0.25, 0.3) is 0 Å². The van der Waals surface area contributed by atoms with Gasteiger partial charge in [0.25, 0.3) is 0 Å². The van der Waals surface area contributed by atoms with Gasteiger partial charge >= 0.3 is 0 Å². The Morgan fingerprint density at radius 1 is 1.40 bits per heavy atom. The lowest BCUT2D eigenvalue weighted by Gasteiger charge is -2.00. The number of Topliss-reactive ketones (excluding diaryl/α,β-unsaturated/α-hetero) is 1. The van der Waals surface area contributed by atoms with Crippen molar-refractivity contribution in [1.82, 2.24) is 4.90 Å². The predicted molar refractivity (Wildman–Crippen MR) is 58.8 cm³/mol. The average Bonchev–Trinajstić information content (AvgIpc) is 2.26. The van der Waals surface area contributed by atoms with Gasteiger partial charge in [0.2, 0.25) is 5.78 Å². The van der Waals surface area contributed by atoms with Crippen molar-refractivity contribution in [1.29, 1.82) is 0 Å². The Balaban J connectivity index is 2.88. The van der Waals surface area contributed by atoms with Crippen molar-refractivity contribution in [2.24, 2.45) is 0 Å². The van der Waals surface area contributed by atoms with Gasteiger partial charge in [0.15, 0.2) is 0 Å². The maximum atomic E-state index is 11.6. The van der Waals surface area contributed by atoms with Crippen molar-refractivity contribution in [2.75, 3.05) is 21.2 Å². The van der Waals surface area contributed by atoms with E-state index >= 15 is 0 Å². The number of rotatable bonds is 2. The van der Waals surface area contributed by atoms with Crippen LogP contribution in [-0.4, -0.2) is 31.9 Å². The molecule has 1 aromatic carbocycles. The summed E-state index contributed by atoms with van der Waals surface area (Å²) < 4.78 is 5.02. The summed E-state index contributed by atoms with van der Waals surface area (Å²) in [5, 5.41) is 0. The van der Waals surface area contributed by atoms with Crippen LogP contribution in [0, 0.1) is 12.0 Å². The Hall–Kier alpha value is -1.95. The highest BCUT2D eigenvalue weighted by Gasteiger charge is 2.02. The van der Waals surface area contributed by atoms with E-state index in [1.54, 1.807) is 50.4 Å². The monoisotopic (exact) mass is 203 g/mol. The van der Waals surface area contributed by atoms with E-state index in [9.17, 15) is 4.79 Å². The number of hydrogen-bond donors (Lipinski definition) is 0. The number of hydrogen-bond acceptors (Lipinski definition) is 3. The summed E-state index contributed by atoms with van der Waals surface area (Å²) >= 11 is 0. The molecule has 15 heavy (non-hydrogen) atoms. The fraction of sp³-hybridized carbons (Fsp3) is 0.250. The quantitative estimate of drug-likeness (QED) is 0.413. The van der Waals surface area contributed by atoms with Crippen molar-refractivity contribution in [2.45, 2.75) is 0 Å². The fourth-order valence-electron chi connectivity index (χ4n) is 0.999. The Morgan fingerprint density at radius 3 is 2.73 bits per heavy atom. The van der Waals surface area contributed by atoms with Crippen LogP contribution in [0.15, 0.2) is 24.3 Å². The van der Waals surface area contributed by atoms with Gasteiger partial charge in [0, 0.05) is 25.7 Å². The van der Waals surface area contributed by atoms with Crippen molar-refractivity contribution in [3.63, 3.8) is 0 Å². The molecule has 3 nitrogen and oxygen atoms in total. The summed E-state index contributed by atoms with van der Waals surface area (Å²) in [5.41, 5.74) is 0.545. The van der Waals surface area contributed by atoms with Gasteiger partial charge in [-0.15, -0.1) is 0 Å². The smallest absolute Gasteiger partial charge is 0.237 e. The lowest BCUT2D eigenvalue weighted by atomic mass is 10.1. The molecule has 0 aliphatic heterocycles. The van der Waals surface area contributed by atoms with E-state index in [0.29, 0.717) is 11.3 Å². The maximum absolute atomic E-state index is 11.6. The lowest BCUT2D eigenvalue weighted by Crippen LogP contribution is -2.03. The van der Waals surface area contributed by atoms with Gasteiger partial charge in [0.05, 0.1) is 7.11 Å². The predicted octanol–water partition coefficient (Wildman–Crippen LogP) is 1.40. The molecule has 0 saturated carbocycles. The highest BCUT2D eigenvalue weighted by Crippen LogP contribution is 2.12. The van der Waals surface area contributed by atoms with Gasteiger partial charge in [-0.25, -0.2) is 0 Å². The van der Waals surface area contributed by atoms with Gasteiger partial charge in [-0.2, -0.15) is 0 Å². The standard InChI is InChI=1S/C12H13NO2/c1-13(2)8-7-12(14)10-5-4-6-11(9-10)15-3/h4-6,9H,1-3H3. The summed E-state index contributed by atoms with van der Waals surface area (Å²) in [4.78, 5) is 13.2. The molecule has 1 rings (SSSR count). The SMILES string of the molecule is COc1cccc(C(=O)C#CN(C)C)c1. The topological polar surface area (TPSA) is 29.5 Å². The Labute approximate surface area is 89.7 Å². The van der Waals surface area contributed by atoms with Gasteiger partial charge in [-0.05, 0) is 18.1 Å². The van der Waals surface area contributed by atoms with Gasteiger partial charge in [-0.1, -0.05) is 12.1 Å². The number of ketones is 1. The summed E-state index contributed by atoms with van der Waals surface area (Å²) in [7, 11) is 5.13. The minimum absolute atomic E-state index is 0.206. The molecule has 0 heterocycles. The zero-order valence-electron chi connectivity index (χ0n) is 9.07. The minimum Gasteiger partial charge on any atom is -0.497 e. The summed E-state index contributed by atoms with van der Waals surface area (Å²) in [6.45, 7) is 0. The first-order chi connectivity index (χ1) is 7.13. The van der Waals surface area contributed by atoms with E-state index in [1.165, 1.54) is 0 Å². The van der Waals surface area contributed by atoms with Crippen LogP contribution in [-0.2, 0) is 0 Å². The van der Waals surface area contributed by atoms with E-state index in [-0.39, 0.29) is 5.78 Å². The molecule has 0 aliphatic carbocycles. The average molecular weight is 203 g/mol. The Morgan fingerprint density at radius 2 is 2.13 bits per heavy atom. The molecule has 0 spiro atoms. The summed E-state index contributed by atoms with van der Waals surface area (Å²) in [6, 6.07) is 9.62. The first kappa shape index (κ1) is 11.1. The van der Waals surface area contributed by atoms with E-state index in [1.807, 2.05) is 0 Å². The lowest BCUT2D eigenvalue weighted by molar-refractivity contribution is 0.105. The second kappa shape index (κ2) is 5.06. The fourth-order valence-corrected chi connectivity index (χ4v) is 0.999. The summed E-state index contributed by atoms with van der Waals surface area (Å²) in [6.07, 6.45) is 0. The van der Waals surface area contributed by atoms with Gasteiger partial charge in [0.1, 0.15) is 5.75 Å². The van der Waals surface area contributed by atoms with Crippen molar-refractivity contribution in [3.05, 3.63) is 29.8 Å². The first-order valence-electron chi connectivity index (χ1n) is 4.51. The minimum atomic E-state index is -0.206. The highest BCUT2D eigenvalue weighted by molar-refractivity contribution is 6.09. The first-order valence-corrected chi connectivity index (χ1v) is 4.51. The molecule has 78 valence electrons. The van der Waals surface area contributed by atoms with Gasteiger partial charge in [-0.3, -0.25) is 4.79 Å². The number of nitrogens with zero attached hydrogens (tertiary/aromatic N) is 1. The second-order valence-electron chi connectivity index (χ2n) is 3.19. The van der Waals surface area contributed by atoms with E-state index < -0.39 is 0 Å². The third-order valence-corrected chi connectivity index (χ3v) is 1.72. The Bertz CT molecular complexity index is 413. The zero-order chi connectivity index (χ0) is 11.3. The maximum Gasteiger partial charge on any atom is 0.237 e. The molecule has 0 unspecified atom stereocenters. The van der Waals surface area contributed by atoms with E-state index in [2.05, 4.69) is 12.0 Å². The van der Waals surface area contributed by atoms with Gasteiger partial charge < -0.3 is 9.64 Å². The molecule has 3 heteroatoms.